The van der Waals surface area contributed by atoms with Gasteiger partial charge in [0, 0.05) is 68.6 Å². The molecular weight excluding hydrogens is 398 g/mol. The molecule has 0 aliphatic carbocycles. The normalized spacial score (nSPS) is 25.6. The molecule has 2 aromatic rings. The van der Waals surface area contributed by atoms with E-state index in [1.807, 2.05) is 25.1 Å². The minimum absolute atomic E-state index is 0.218. The molecule has 3 unspecified atom stereocenters. The van der Waals surface area contributed by atoms with E-state index in [2.05, 4.69) is 49.9 Å². The minimum atomic E-state index is 0.218. The van der Waals surface area contributed by atoms with Gasteiger partial charge in [-0.25, -0.2) is 5.43 Å². The summed E-state index contributed by atoms with van der Waals surface area (Å²) in [5.74, 6) is 0.492. The molecular formula is C23H32ClN5O. The Morgan fingerprint density at radius 2 is 2.00 bits per heavy atom. The smallest absolute Gasteiger partial charge is 0.0547 e. The average Bonchev–Trinajstić information content (AvgIpc) is 3.19. The molecule has 7 heteroatoms. The number of aliphatic hydroxyl groups is 1. The van der Waals surface area contributed by atoms with Crippen LogP contribution in [0.25, 0.3) is 0 Å². The van der Waals surface area contributed by atoms with Crippen LogP contribution in [-0.4, -0.2) is 65.3 Å². The summed E-state index contributed by atoms with van der Waals surface area (Å²) < 4.78 is 0. The third kappa shape index (κ3) is 5.38. The van der Waals surface area contributed by atoms with E-state index in [1.54, 1.807) is 0 Å². The van der Waals surface area contributed by atoms with Crippen molar-refractivity contribution in [1.82, 2.24) is 25.6 Å². The van der Waals surface area contributed by atoms with E-state index in [-0.39, 0.29) is 12.6 Å². The van der Waals surface area contributed by atoms with Crippen LogP contribution in [0.2, 0.25) is 5.02 Å². The van der Waals surface area contributed by atoms with Crippen molar-refractivity contribution < 1.29 is 5.11 Å². The lowest BCUT2D eigenvalue weighted by molar-refractivity contribution is 0.0449. The second-order valence-electron chi connectivity index (χ2n) is 8.48. The zero-order valence-corrected chi connectivity index (χ0v) is 18.4. The number of aryl methyl sites for hydroxylation is 1. The van der Waals surface area contributed by atoms with E-state index >= 15 is 0 Å². The highest BCUT2D eigenvalue weighted by atomic mass is 35.5. The van der Waals surface area contributed by atoms with Gasteiger partial charge < -0.3 is 10.0 Å². The van der Waals surface area contributed by atoms with Crippen molar-refractivity contribution in [3.8, 4) is 0 Å². The number of piperazine rings is 1. The molecule has 0 radical (unpaired) electrons. The maximum atomic E-state index is 9.64. The molecule has 3 atom stereocenters. The number of aliphatic hydroxyl groups excluding tert-OH is 1. The molecule has 2 aliphatic heterocycles. The van der Waals surface area contributed by atoms with E-state index in [4.69, 9.17) is 11.6 Å². The molecule has 30 heavy (non-hydrogen) atoms. The van der Waals surface area contributed by atoms with Crippen LogP contribution in [-0.2, 0) is 6.54 Å². The van der Waals surface area contributed by atoms with Crippen LogP contribution in [0.5, 0.6) is 0 Å². The maximum Gasteiger partial charge on any atom is 0.0547 e. The first-order valence-corrected chi connectivity index (χ1v) is 11.2. The summed E-state index contributed by atoms with van der Waals surface area (Å²) in [6.07, 6.45) is 0.796. The lowest BCUT2D eigenvalue weighted by Gasteiger charge is -2.42. The quantitative estimate of drug-likeness (QED) is 0.628. The van der Waals surface area contributed by atoms with Crippen LogP contribution in [0.15, 0.2) is 42.5 Å². The Morgan fingerprint density at radius 3 is 2.77 bits per heavy atom. The molecule has 3 N–H and O–H groups in total. The maximum absolute atomic E-state index is 9.64. The first-order chi connectivity index (χ1) is 14.6. The van der Waals surface area contributed by atoms with Gasteiger partial charge in [-0.2, -0.15) is 0 Å². The Kier molecular flexibility index (Phi) is 7.36. The van der Waals surface area contributed by atoms with E-state index in [0.29, 0.717) is 12.0 Å². The lowest BCUT2D eigenvalue weighted by Crippen LogP contribution is -2.54. The number of nitrogens with zero attached hydrogens (tertiary/aromatic N) is 3. The second kappa shape index (κ2) is 10.2. The fraction of sp³-hybridized carbons (Fsp3) is 0.522. The molecule has 0 spiro atoms. The van der Waals surface area contributed by atoms with E-state index < -0.39 is 0 Å². The standard InChI is InChI=1S/C23H32ClN5O/c1-17-3-2-4-21(26-17)15-29-11-10-28(16-22(29)9-12-30)14-19-13-25-27-23(19)18-5-7-20(24)8-6-18/h2-8,19,22-23,25,27,30H,9-16H2,1H3. The van der Waals surface area contributed by atoms with Crippen molar-refractivity contribution in [3.05, 3.63) is 64.4 Å². The van der Waals surface area contributed by atoms with Gasteiger partial charge in [0.2, 0.25) is 0 Å². The molecule has 2 saturated heterocycles. The van der Waals surface area contributed by atoms with Gasteiger partial charge >= 0.3 is 0 Å². The summed E-state index contributed by atoms with van der Waals surface area (Å²) in [5, 5.41) is 10.4. The number of pyridine rings is 1. The van der Waals surface area contributed by atoms with Gasteiger partial charge in [0.1, 0.15) is 0 Å². The number of rotatable bonds is 7. The Labute approximate surface area is 184 Å². The van der Waals surface area contributed by atoms with Gasteiger partial charge in [-0.05, 0) is 43.2 Å². The van der Waals surface area contributed by atoms with Crippen LogP contribution in [0.3, 0.4) is 0 Å². The SMILES string of the molecule is Cc1cccc(CN2CCN(CC3CNNC3c3ccc(Cl)cc3)CC2CCO)n1. The fourth-order valence-electron chi connectivity index (χ4n) is 4.71. The van der Waals surface area contributed by atoms with Crippen molar-refractivity contribution in [2.45, 2.75) is 32.0 Å². The summed E-state index contributed by atoms with van der Waals surface area (Å²) in [4.78, 5) is 9.71. The monoisotopic (exact) mass is 429 g/mol. The molecule has 162 valence electrons. The van der Waals surface area contributed by atoms with Gasteiger partial charge in [-0.1, -0.05) is 29.8 Å². The Balaban J connectivity index is 1.38. The highest BCUT2D eigenvalue weighted by Gasteiger charge is 2.33. The third-order valence-corrected chi connectivity index (χ3v) is 6.53. The van der Waals surface area contributed by atoms with Crippen molar-refractivity contribution in [2.24, 2.45) is 5.92 Å². The van der Waals surface area contributed by atoms with Gasteiger partial charge in [-0.3, -0.25) is 15.3 Å². The lowest BCUT2D eigenvalue weighted by atomic mass is 9.94. The van der Waals surface area contributed by atoms with Gasteiger partial charge in [0.05, 0.1) is 11.7 Å². The number of nitrogens with one attached hydrogen (secondary N) is 2. The molecule has 1 aromatic carbocycles. The fourth-order valence-corrected chi connectivity index (χ4v) is 4.84. The topological polar surface area (TPSA) is 63.7 Å². The minimum Gasteiger partial charge on any atom is -0.396 e. The summed E-state index contributed by atoms with van der Waals surface area (Å²) >= 11 is 6.06. The first kappa shape index (κ1) is 21.7. The zero-order chi connectivity index (χ0) is 20.9. The van der Waals surface area contributed by atoms with Gasteiger partial charge in [0.15, 0.2) is 0 Å². The molecule has 6 nitrogen and oxygen atoms in total. The Morgan fingerprint density at radius 1 is 1.17 bits per heavy atom. The van der Waals surface area contributed by atoms with Gasteiger partial charge in [0.25, 0.3) is 0 Å². The van der Waals surface area contributed by atoms with Crippen LogP contribution < -0.4 is 10.9 Å². The molecule has 0 saturated carbocycles. The Bertz CT molecular complexity index is 817. The highest BCUT2D eigenvalue weighted by molar-refractivity contribution is 6.30. The van der Waals surface area contributed by atoms with Crippen LogP contribution in [0, 0.1) is 12.8 Å². The zero-order valence-electron chi connectivity index (χ0n) is 17.6. The van der Waals surface area contributed by atoms with Crippen molar-refractivity contribution in [2.75, 3.05) is 39.3 Å². The van der Waals surface area contributed by atoms with Crippen LogP contribution in [0.1, 0.15) is 29.4 Å². The van der Waals surface area contributed by atoms with Gasteiger partial charge in [-0.15, -0.1) is 0 Å². The highest BCUT2D eigenvalue weighted by Crippen LogP contribution is 2.28. The third-order valence-electron chi connectivity index (χ3n) is 6.28. The molecule has 2 aliphatic rings. The molecule has 1 aromatic heterocycles. The van der Waals surface area contributed by atoms with Crippen molar-refractivity contribution in [3.63, 3.8) is 0 Å². The Hall–Kier alpha value is -1.54. The van der Waals surface area contributed by atoms with Crippen molar-refractivity contribution >= 4 is 11.6 Å². The van der Waals surface area contributed by atoms with E-state index in [9.17, 15) is 5.11 Å². The summed E-state index contributed by atoms with van der Waals surface area (Å²) in [5.41, 5.74) is 10.2. The number of aromatic nitrogens is 1. The molecule has 2 fully saturated rings. The summed E-state index contributed by atoms with van der Waals surface area (Å²) in [7, 11) is 0. The van der Waals surface area contributed by atoms with E-state index in [0.717, 1.165) is 62.1 Å². The number of halogens is 1. The predicted octanol–water partition coefficient (Wildman–Crippen LogP) is 2.38. The van der Waals surface area contributed by atoms with Crippen LogP contribution >= 0.6 is 11.6 Å². The number of hydrogen-bond acceptors (Lipinski definition) is 6. The number of hydrazine groups is 1. The number of benzene rings is 1. The first-order valence-electron chi connectivity index (χ1n) is 10.9. The number of hydrogen-bond donors (Lipinski definition) is 3. The predicted molar refractivity (Wildman–Crippen MR) is 120 cm³/mol. The van der Waals surface area contributed by atoms with Crippen molar-refractivity contribution in [1.29, 1.82) is 0 Å². The molecule has 0 amide bonds. The van der Waals surface area contributed by atoms with Crippen LogP contribution in [0.4, 0.5) is 0 Å². The summed E-state index contributed by atoms with van der Waals surface area (Å²) in [6.45, 7) is 8.11. The molecule has 3 heterocycles. The second-order valence-corrected chi connectivity index (χ2v) is 8.92. The summed E-state index contributed by atoms with van der Waals surface area (Å²) in [6, 6.07) is 15.0. The molecule has 0 bridgehead atoms. The van der Waals surface area contributed by atoms with E-state index in [1.165, 1.54) is 5.56 Å². The molecule has 4 rings (SSSR count). The largest absolute Gasteiger partial charge is 0.396 e. The average molecular weight is 430 g/mol.